The number of amides is 1. The Kier molecular flexibility index (Phi) is 6.29. The number of rotatable bonds is 6. The van der Waals surface area contributed by atoms with Gasteiger partial charge in [0.25, 0.3) is 5.91 Å². The molecule has 2 heterocycles. The van der Waals surface area contributed by atoms with Crippen molar-refractivity contribution < 1.29 is 18.4 Å². The summed E-state index contributed by atoms with van der Waals surface area (Å²) in [6.07, 6.45) is 0. The van der Waals surface area contributed by atoms with Crippen LogP contribution in [-0.4, -0.2) is 42.4 Å². The van der Waals surface area contributed by atoms with Gasteiger partial charge in [0.1, 0.15) is 5.82 Å². The molecule has 1 fully saturated rings. The minimum atomic E-state index is -0.371. The van der Waals surface area contributed by atoms with Crippen molar-refractivity contribution in [2.75, 3.05) is 36.5 Å². The Morgan fingerprint density at radius 3 is 2.77 bits per heavy atom. The number of benzene rings is 2. The third-order valence-electron chi connectivity index (χ3n) is 4.62. The number of halogens is 1. The predicted molar refractivity (Wildman–Crippen MR) is 112 cm³/mol. The highest BCUT2D eigenvalue weighted by atomic mass is 32.2. The number of carbonyl (C=O) groups is 1. The zero-order chi connectivity index (χ0) is 20.9. The molecule has 0 saturated carbocycles. The number of aryl methyl sites for hydroxylation is 1. The van der Waals surface area contributed by atoms with E-state index in [9.17, 15) is 9.18 Å². The summed E-state index contributed by atoms with van der Waals surface area (Å²) in [7, 11) is 0. The van der Waals surface area contributed by atoms with Crippen LogP contribution in [0, 0.1) is 12.7 Å². The second-order valence-corrected chi connectivity index (χ2v) is 7.75. The number of carbonyl (C=O) groups excluding carboxylic acids is 1. The highest BCUT2D eigenvalue weighted by Crippen LogP contribution is 2.28. The van der Waals surface area contributed by atoms with Crippen molar-refractivity contribution in [1.29, 1.82) is 0 Å². The third kappa shape index (κ3) is 4.80. The van der Waals surface area contributed by atoms with Gasteiger partial charge in [-0.25, -0.2) is 4.39 Å². The average Bonchev–Trinajstić information content (AvgIpc) is 3.18. The maximum Gasteiger partial charge on any atom is 0.256 e. The number of thioether (sulfide) groups is 1. The molecule has 0 spiro atoms. The lowest BCUT2D eigenvalue weighted by atomic mass is 10.2. The van der Waals surface area contributed by atoms with E-state index in [0.717, 1.165) is 4.90 Å². The Morgan fingerprint density at radius 1 is 1.23 bits per heavy atom. The number of anilines is 2. The molecule has 0 aliphatic carbocycles. The minimum Gasteiger partial charge on any atom is -0.378 e. The first-order valence-corrected chi connectivity index (χ1v) is 10.5. The van der Waals surface area contributed by atoms with Gasteiger partial charge in [0, 0.05) is 30.6 Å². The van der Waals surface area contributed by atoms with Gasteiger partial charge < -0.3 is 19.5 Å². The SMILES string of the molecule is Cc1nc(CSc2ccccc2C(=O)Nc2ccc(N3CCOCC3)c(F)c2)no1. The molecular weight excluding hydrogens is 407 g/mol. The van der Waals surface area contributed by atoms with E-state index in [4.69, 9.17) is 9.26 Å². The van der Waals surface area contributed by atoms with Gasteiger partial charge in [-0.2, -0.15) is 4.98 Å². The molecule has 4 rings (SSSR count). The maximum atomic E-state index is 14.6. The summed E-state index contributed by atoms with van der Waals surface area (Å²) in [4.78, 5) is 19.7. The molecule has 9 heteroatoms. The zero-order valence-corrected chi connectivity index (χ0v) is 17.2. The molecule has 1 N–H and O–H groups in total. The zero-order valence-electron chi connectivity index (χ0n) is 16.4. The second-order valence-electron chi connectivity index (χ2n) is 6.73. The number of aromatic nitrogens is 2. The van der Waals surface area contributed by atoms with Crippen molar-refractivity contribution in [2.24, 2.45) is 0 Å². The van der Waals surface area contributed by atoms with Crippen LogP contribution in [0.4, 0.5) is 15.8 Å². The van der Waals surface area contributed by atoms with Crippen LogP contribution < -0.4 is 10.2 Å². The number of nitrogens with zero attached hydrogens (tertiary/aromatic N) is 3. The van der Waals surface area contributed by atoms with E-state index in [2.05, 4.69) is 15.5 Å². The third-order valence-corrected chi connectivity index (χ3v) is 5.68. The molecule has 30 heavy (non-hydrogen) atoms. The van der Waals surface area contributed by atoms with E-state index in [-0.39, 0.29) is 11.7 Å². The van der Waals surface area contributed by atoms with E-state index in [1.165, 1.54) is 17.8 Å². The molecule has 1 saturated heterocycles. The molecule has 1 aliphatic rings. The number of hydrogen-bond acceptors (Lipinski definition) is 7. The Balaban J connectivity index is 1.45. The van der Waals surface area contributed by atoms with E-state index >= 15 is 0 Å². The van der Waals surface area contributed by atoms with Crippen LogP contribution in [0.1, 0.15) is 22.1 Å². The maximum absolute atomic E-state index is 14.6. The topological polar surface area (TPSA) is 80.5 Å². The standard InChI is InChI=1S/C21H21FN4O3S/c1-14-23-20(25-29-14)13-30-19-5-3-2-4-16(19)21(27)24-15-6-7-18(17(22)12-15)26-8-10-28-11-9-26/h2-7,12H,8-11,13H2,1H3,(H,24,27). The molecule has 156 valence electrons. The van der Waals surface area contributed by atoms with Gasteiger partial charge in [-0.05, 0) is 30.3 Å². The smallest absolute Gasteiger partial charge is 0.256 e. The largest absolute Gasteiger partial charge is 0.378 e. The minimum absolute atomic E-state index is 0.305. The predicted octanol–water partition coefficient (Wildman–Crippen LogP) is 3.90. The number of nitrogens with one attached hydrogen (secondary N) is 1. The second kappa shape index (κ2) is 9.27. The van der Waals surface area contributed by atoms with E-state index < -0.39 is 0 Å². The monoisotopic (exact) mass is 428 g/mol. The van der Waals surface area contributed by atoms with Gasteiger partial charge in [-0.15, -0.1) is 11.8 Å². The highest BCUT2D eigenvalue weighted by Gasteiger charge is 2.17. The van der Waals surface area contributed by atoms with Crippen LogP contribution in [0.3, 0.4) is 0 Å². The van der Waals surface area contributed by atoms with Crippen LogP contribution in [0.5, 0.6) is 0 Å². The molecular formula is C21H21FN4O3S. The summed E-state index contributed by atoms with van der Waals surface area (Å²) < 4.78 is 24.9. The van der Waals surface area contributed by atoms with Crippen molar-refractivity contribution in [3.63, 3.8) is 0 Å². The van der Waals surface area contributed by atoms with Crippen molar-refractivity contribution in [1.82, 2.24) is 10.1 Å². The van der Waals surface area contributed by atoms with E-state index in [1.54, 1.807) is 31.2 Å². The van der Waals surface area contributed by atoms with Gasteiger partial charge in [0.15, 0.2) is 5.82 Å². The van der Waals surface area contributed by atoms with Crippen molar-refractivity contribution >= 4 is 29.0 Å². The molecule has 0 bridgehead atoms. The van der Waals surface area contributed by atoms with E-state index in [0.29, 0.717) is 60.7 Å². The van der Waals surface area contributed by atoms with Crippen LogP contribution in [0.15, 0.2) is 51.9 Å². The molecule has 3 aromatic rings. The quantitative estimate of drug-likeness (QED) is 0.597. The lowest BCUT2D eigenvalue weighted by Gasteiger charge is -2.29. The Hall–Kier alpha value is -2.91. The first-order chi connectivity index (χ1) is 14.6. The summed E-state index contributed by atoms with van der Waals surface area (Å²) in [5.41, 5.74) is 1.42. The molecule has 0 radical (unpaired) electrons. The van der Waals surface area contributed by atoms with Gasteiger partial charge in [-0.3, -0.25) is 4.79 Å². The summed E-state index contributed by atoms with van der Waals surface area (Å²) >= 11 is 1.44. The van der Waals surface area contributed by atoms with Crippen LogP contribution in [-0.2, 0) is 10.5 Å². The first-order valence-electron chi connectivity index (χ1n) is 9.55. The summed E-state index contributed by atoms with van der Waals surface area (Å²) in [5, 5.41) is 6.66. The lowest BCUT2D eigenvalue weighted by molar-refractivity contribution is 0.102. The molecule has 0 atom stereocenters. The summed E-state index contributed by atoms with van der Waals surface area (Å²) in [5.74, 6) is 0.864. The Labute approximate surface area is 177 Å². The summed E-state index contributed by atoms with van der Waals surface area (Å²) in [6.45, 7) is 4.18. The fourth-order valence-electron chi connectivity index (χ4n) is 3.17. The Bertz CT molecular complexity index is 1040. The molecule has 1 aromatic heterocycles. The highest BCUT2D eigenvalue weighted by molar-refractivity contribution is 7.98. The van der Waals surface area contributed by atoms with Crippen LogP contribution in [0.25, 0.3) is 0 Å². The van der Waals surface area contributed by atoms with Crippen LogP contribution >= 0.6 is 11.8 Å². The summed E-state index contributed by atoms with van der Waals surface area (Å²) in [6, 6.07) is 12.0. The Morgan fingerprint density at radius 2 is 2.03 bits per heavy atom. The molecule has 7 nitrogen and oxygen atoms in total. The normalized spacial score (nSPS) is 14.0. The van der Waals surface area contributed by atoms with Gasteiger partial charge >= 0.3 is 0 Å². The first kappa shape index (κ1) is 20.4. The van der Waals surface area contributed by atoms with Crippen molar-refractivity contribution in [2.45, 2.75) is 17.6 Å². The van der Waals surface area contributed by atoms with E-state index in [1.807, 2.05) is 17.0 Å². The van der Waals surface area contributed by atoms with Gasteiger partial charge in [0.2, 0.25) is 5.89 Å². The fourth-order valence-corrected chi connectivity index (χ4v) is 4.06. The fraction of sp³-hybridized carbons (Fsp3) is 0.286. The molecule has 1 amide bonds. The molecule has 2 aromatic carbocycles. The van der Waals surface area contributed by atoms with Gasteiger partial charge in [0.05, 0.1) is 30.2 Å². The molecule has 0 unspecified atom stereocenters. The van der Waals surface area contributed by atoms with Gasteiger partial charge in [-0.1, -0.05) is 17.3 Å². The number of hydrogen-bond donors (Lipinski definition) is 1. The average molecular weight is 428 g/mol. The van der Waals surface area contributed by atoms with Crippen LogP contribution in [0.2, 0.25) is 0 Å². The van der Waals surface area contributed by atoms with Crippen molar-refractivity contribution in [3.05, 3.63) is 65.6 Å². The van der Waals surface area contributed by atoms with Crippen molar-refractivity contribution in [3.8, 4) is 0 Å². The molecule has 1 aliphatic heterocycles. The number of ether oxygens (including phenoxy) is 1. The lowest BCUT2D eigenvalue weighted by Crippen LogP contribution is -2.36. The number of morpholine rings is 1.